The van der Waals surface area contributed by atoms with Gasteiger partial charge in [-0.25, -0.2) is 4.98 Å². The average molecular weight is 181 g/mol. The van der Waals surface area contributed by atoms with Gasteiger partial charge in [0.1, 0.15) is 5.75 Å². The number of hydrogen-bond acceptors (Lipinski definition) is 3. The summed E-state index contributed by atoms with van der Waals surface area (Å²) in [7, 11) is 3.27. The second kappa shape index (κ2) is 4.12. The number of methoxy groups -OCH3 is 2. The summed E-state index contributed by atoms with van der Waals surface area (Å²) in [5.41, 5.74) is 1.93. The second-order valence-electron chi connectivity index (χ2n) is 2.80. The van der Waals surface area contributed by atoms with E-state index in [0.717, 1.165) is 23.4 Å². The minimum absolute atomic E-state index is 0.649. The molecular formula is C10H15NO2. The number of ether oxygens (including phenoxy) is 2. The van der Waals surface area contributed by atoms with Gasteiger partial charge >= 0.3 is 0 Å². The van der Waals surface area contributed by atoms with Gasteiger partial charge in [-0.15, -0.1) is 0 Å². The molecule has 0 spiro atoms. The Morgan fingerprint density at radius 2 is 2.00 bits per heavy atom. The molecule has 72 valence electrons. The minimum Gasteiger partial charge on any atom is -0.496 e. The van der Waals surface area contributed by atoms with E-state index in [1.54, 1.807) is 14.2 Å². The number of aromatic nitrogens is 1. The Morgan fingerprint density at radius 1 is 1.31 bits per heavy atom. The van der Waals surface area contributed by atoms with Gasteiger partial charge in [0, 0.05) is 11.8 Å². The average Bonchev–Trinajstić information content (AvgIpc) is 2.18. The summed E-state index contributed by atoms with van der Waals surface area (Å²) < 4.78 is 10.3. The van der Waals surface area contributed by atoms with Crippen molar-refractivity contribution in [1.29, 1.82) is 0 Å². The summed E-state index contributed by atoms with van der Waals surface area (Å²) in [6, 6.07) is 1.94. The molecule has 13 heavy (non-hydrogen) atoms. The van der Waals surface area contributed by atoms with Crippen molar-refractivity contribution in [3.63, 3.8) is 0 Å². The Kier molecular flexibility index (Phi) is 3.12. The number of pyridine rings is 1. The lowest BCUT2D eigenvalue weighted by atomic mass is 10.2. The van der Waals surface area contributed by atoms with Gasteiger partial charge in [-0.2, -0.15) is 0 Å². The second-order valence-corrected chi connectivity index (χ2v) is 2.80. The Morgan fingerprint density at radius 3 is 2.46 bits per heavy atom. The lowest BCUT2D eigenvalue weighted by Gasteiger charge is -2.10. The number of nitrogens with zero attached hydrogens (tertiary/aromatic N) is 1. The maximum atomic E-state index is 5.21. The van der Waals surface area contributed by atoms with E-state index in [9.17, 15) is 0 Å². The van der Waals surface area contributed by atoms with Gasteiger partial charge in [0.25, 0.3) is 0 Å². The maximum Gasteiger partial charge on any atom is 0.219 e. The van der Waals surface area contributed by atoms with Crippen LogP contribution >= 0.6 is 0 Å². The van der Waals surface area contributed by atoms with Crippen LogP contribution in [0, 0.1) is 6.92 Å². The molecule has 0 atom stereocenters. The molecule has 0 N–H and O–H groups in total. The van der Waals surface area contributed by atoms with Crippen molar-refractivity contribution < 1.29 is 9.47 Å². The Balaban J connectivity index is 3.20. The lowest BCUT2D eigenvalue weighted by Crippen LogP contribution is -1.98. The molecule has 0 amide bonds. The zero-order chi connectivity index (χ0) is 9.84. The summed E-state index contributed by atoms with van der Waals surface area (Å²) in [4.78, 5) is 4.32. The molecule has 1 rings (SSSR count). The monoisotopic (exact) mass is 181 g/mol. The fraction of sp³-hybridized carbons (Fsp3) is 0.500. The van der Waals surface area contributed by atoms with Gasteiger partial charge < -0.3 is 9.47 Å². The summed E-state index contributed by atoms with van der Waals surface area (Å²) >= 11 is 0. The zero-order valence-corrected chi connectivity index (χ0v) is 8.55. The van der Waals surface area contributed by atoms with Crippen LogP contribution in [0.15, 0.2) is 6.07 Å². The lowest BCUT2D eigenvalue weighted by molar-refractivity contribution is 0.375. The summed E-state index contributed by atoms with van der Waals surface area (Å²) in [5.74, 6) is 1.49. The topological polar surface area (TPSA) is 31.4 Å². The van der Waals surface area contributed by atoms with Crippen molar-refractivity contribution in [1.82, 2.24) is 4.98 Å². The largest absolute Gasteiger partial charge is 0.496 e. The highest BCUT2D eigenvalue weighted by Crippen LogP contribution is 2.26. The van der Waals surface area contributed by atoms with E-state index in [4.69, 9.17) is 9.47 Å². The van der Waals surface area contributed by atoms with E-state index in [0.29, 0.717) is 5.88 Å². The molecule has 0 saturated heterocycles. The van der Waals surface area contributed by atoms with Gasteiger partial charge in [0.15, 0.2) is 0 Å². The summed E-state index contributed by atoms with van der Waals surface area (Å²) in [6.45, 7) is 3.99. The summed E-state index contributed by atoms with van der Waals surface area (Å²) in [5, 5.41) is 0. The normalized spacial score (nSPS) is 9.85. The van der Waals surface area contributed by atoms with E-state index >= 15 is 0 Å². The highest BCUT2D eigenvalue weighted by molar-refractivity contribution is 5.40. The molecule has 0 bridgehead atoms. The van der Waals surface area contributed by atoms with Gasteiger partial charge in [0.2, 0.25) is 5.88 Å². The standard InChI is InChI=1S/C10H15NO2/c1-5-8-6-9(12-3)7(2)10(11-8)13-4/h6H,5H2,1-4H3. The van der Waals surface area contributed by atoms with Crippen LogP contribution < -0.4 is 9.47 Å². The first-order valence-corrected chi connectivity index (χ1v) is 4.31. The summed E-state index contributed by atoms with van der Waals surface area (Å²) in [6.07, 6.45) is 0.882. The molecule has 1 heterocycles. The zero-order valence-electron chi connectivity index (χ0n) is 8.55. The van der Waals surface area contributed by atoms with Gasteiger partial charge in [-0.3, -0.25) is 0 Å². The first-order valence-electron chi connectivity index (χ1n) is 4.31. The third-order valence-corrected chi connectivity index (χ3v) is 2.01. The molecule has 0 aliphatic carbocycles. The first kappa shape index (κ1) is 9.84. The molecule has 0 unspecified atom stereocenters. The fourth-order valence-corrected chi connectivity index (χ4v) is 1.20. The third-order valence-electron chi connectivity index (χ3n) is 2.01. The van der Waals surface area contributed by atoms with E-state index in [-0.39, 0.29) is 0 Å². The molecule has 0 aromatic carbocycles. The van der Waals surface area contributed by atoms with E-state index in [2.05, 4.69) is 11.9 Å². The van der Waals surface area contributed by atoms with Crippen LogP contribution in [-0.4, -0.2) is 19.2 Å². The van der Waals surface area contributed by atoms with Crippen LogP contribution in [0.1, 0.15) is 18.2 Å². The Hall–Kier alpha value is -1.25. The molecule has 3 nitrogen and oxygen atoms in total. The predicted molar refractivity (Wildman–Crippen MR) is 51.5 cm³/mol. The smallest absolute Gasteiger partial charge is 0.219 e. The van der Waals surface area contributed by atoms with Gasteiger partial charge in [0.05, 0.1) is 19.8 Å². The SMILES string of the molecule is CCc1cc(OC)c(C)c(OC)n1. The van der Waals surface area contributed by atoms with Gasteiger partial charge in [-0.05, 0) is 13.3 Å². The van der Waals surface area contributed by atoms with Gasteiger partial charge in [-0.1, -0.05) is 6.92 Å². The van der Waals surface area contributed by atoms with E-state index < -0.39 is 0 Å². The van der Waals surface area contributed by atoms with Crippen LogP contribution in [-0.2, 0) is 6.42 Å². The number of aryl methyl sites for hydroxylation is 1. The predicted octanol–water partition coefficient (Wildman–Crippen LogP) is 1.97. The molecular weight excluding hydrogens is 166 g/mol. The van der Waals surface area contributed by atoms with Crippen molar-refractivity contribution >= 4 is 0 Å². The van der Waals surface area contributed by atoms with Crippen molar-refractivity contribution in [3.05, 3.63) is 17.3 Å². The van der Waals surface area contributed by atoms with Crippen molar-refractivity contribution in [3.8, 4) is 11.6 Å². The molecule has 1 aromatic heterocycles. The molecule has 3 heteroatoms. The van der Waals surface area contributed by atoms with Crippen LogP contribution in [0.5, 0.6) is 11.6 Å². The van der Waals surface area contributed by atoms with Crippen LogP contribution in [0.25, 0.3) is 0 Å². The van der Waals surface area contributed by atoms with Crippen LogP contribution in [0.4, 0.5) is 0 Å². The third kappa shape index (κ3) is 1.91. The molecule has 0 saturated carbocycles. The van der Waals surface area contributed by atoms with Crippen LogP contribution in [0.3, 0.4) is 0 Å². The fourth-order valence-electron chi connectivity index (χ4n) is 1.20. The number of hydrogen-bond donors (Lipinski definition) is 0. The van der Waals surface area contributed by atoms with Crippen molar-refractivity contribution in [2.45, 2.75) is 20.3 Å². The van der Waals surface area contributed by atoms with Crippen molar-refractivity contribution in [2.75, 3.05) is 14.2 Å². The quantitative estimate of drug-likeness (QED) is 0.714. The Labute approximate surface area is 78.7 Å². The highest BCUT2D eigenvalue weighted by Gasteiger charge is 2.08. The highest BCUT2D eigenvalue weighted by atomic mass is 16.5. The Bertz CT molecular complexity index is 272. The molecule has 0 aliphatic heterocycles. The van der Waals surface area contributed by atoms with Crippen molar-refractivity contribution in [2.24, 2.45) is 0 Å². The van der Waals surface area contributed by atoms with E-state index in [1.807, 2.05) is 13.0 Å². The maximum absolute atomic E-state index is 5.21. The number of rotatable bonds is 3. The first-order chi connectivity index (χ1) is 6.22. The molecule has 1 aromatic rings. The molecule has 0 radical (unpaired) electrons. The van der Waals surface area contributed by atoms with E-state index in [1.165, 1.54) is 0 Å². The molecule has 0 aliphatic rings. The molecule has 0 fully saturated rings. The minimum atomic E-state index is 0.649. The van der Waals surface area contributed by atoms with Crippen LogP contribution in [0.2, 0.25) is 0 Å².